The third-order valence-electron chi connectivity index (χ3n) is 1.24. The molecule has 0 amide bonds. The van der Waals surface area contributed by atoms with Crippen molar-refractivity contribution >= 4 is 32.4 Å². The number of halogens is 1. The second kappa shape index (κ2) is 3.96. The first-order chi connectivity index (χ1) is 10.9. The molecule has 72 valence electrons. The van der Waals surface area contributed by atoms with Crippen molar-refractivity contribution in [3.05, 3.63) is 9.98 Å². The van der Waals surface area contributed by atoms with Crippen LogP contribution in [0.2, 0.25) is 0 Å². The average Bonchev–Trinajstić information content (AvgIpc) is 2.79. The molecule has 1 unspecified atom stereocenters. The molecule has 0 N–H and O–H groups in total. The third kappa shape index (κ3) is 2.23. The Morgan fingerprint density at radius 2 is 2.92 bits per heavy atom. The molecule has 1 atom stereocenters. The van der Waals surface area contributed by atoms with Crippen LogP contribution in [0.1, 0.15) is 36.0 Å². The monoisotopic (exact) mass is 272 g/mol. The molecular formula is C9H13BrN2S. The van der Waals surface area contributed by atoms with E-state index in [0.29, 0.717) is 15.1 Å². The molecule has 2 heterocycles. The molecule has 1 fully saturated rings. The van der Waals surface area contributed by atoms with Crippen molar-refractivity contribution in [1.29, 1.82) is 0 Å². The van der Waals surface area contributed by atoms with Gasteiger partial charge in [0.25, 0.3) is 0 Å². The lowest BCUT2D eigenvalue weighted by Gasteiger charge is -2.30. The van der Waals surface area contributed by atoms with Crippen molar-refractivity contribution in [1.82, 2.24) is 4.98 Å². The van der Waals surface area contributed by atoms with Crippen LogP contribution in [0.25, 0.3) is 0 Å². The number of thiazole rings is 1. The molecule has 0 saturated carbocycles. The van der Waals surface area contributed by atoms with E-state index in [1.807, 2.05) is 0 Å². The Morgan fingerprint density at radius 3 is 3.62 bits per heavy atom. The highest BCUT2D eigenvalue weighted by atomic mass is 79.9. The fourth-order valence-corrected chi connectivity index (χ4v) is 1.86. The minimum Gasteiger partial charge on any atom is -0.348 e. The van der Waals surface area contributed by atoms with Crippen molar-refractivity contribution in [2.24, 2.45) is 5.89 Å². The third-order valence-corrected chi connectivity index (χ3v) is 2.70. The number of hydrogen-bond donors (Lipinski definition) is 0. The van der Waals surface area contributed by atoms with Gasteiger partial charge in [0.05, 0.1) is 9.98 Å². The number of nitrogens with zero attached hydrogens (tertiary/aromatic N) is 2. The van der Waals surface area contributed by atoms with Crippen LogP contribution in [-0.4, -0.2) is 18.0 Å². The quantitative estimate of drug-likeness (QED) is 0.781. The van der Waals surface area contributed by atoms with Crippen molar-refractivity contribution in [3.8, 4) is 0 Å². The summed E-state index contributed by atoms with van der Waals surface area (Å²) in [5.41, 5.74) is 0. The van der Waals surface area contributed by atoms with E-state index in [1.165, 1.54) is 6.20 Å². The predicted molar refractivity (Wildman–Crippen MR) is 60.4 cm³/mol. The summed E-state index contributed by atoms with van der Waals surface area (Å²) in [5, 5.41) is -0.415. The van der Waals surface area contributed by atoms with Gasteiger partial charge in [0.2, 0.25) is 0 Å². The number of anilines is 1. The van der Waals surface area contributed by atoms with Gasteiger partial charge >= 0.3 is 0 Å². The Balaban J connectivity index is 2.90. The summed E-state index contributed by atoms with van der Waals surface area (Å²) in [6.45, 7) is -10.4. The summed E-state index contributed by atoms with van der Waals surface area (Å²) in [4.78, 5) is 3.87. The van der Waals surface area contributed by atoms with Crippen LogP contribution in [0.3, 0.4) is 0 Å². The van der Waals surface area contributed by atoms with Crippen molar-refractivity contribution in [2.45, 2.75) is 19.6 Å². The summed E-state index contributed by atoms with van der Waals surface area (Å²) in [7, 11) is 0. The predicted octanol–water partition coefficient (Wildman–Crippen LogP) is 3.14. The summed E-state index contributed by atoms with van der Waals surface area (Å²) in [6, 6.07) is 0. The lowest BCUT2D eigenvalue weighted by atomic mass is 10.0. The van der Waals surface area contributed by atoms with Crippen molar-refractivity contribution in [2.75, 3.05) is 17.9 Å². The maximum Gasteiger partial charge on any atom is 0.186 e. The van der Waals surface area contributed by atoms with Crippen LogP contribution in [0, 0.1) is 5.89 Å². The number of aromatic nitrogens is 1. The lowest BCUT2D eigenvalue weighted by Crippen LogP contribution is -2.34. The van der Waals surface area contributed by atoms with Gasteiger partial charge in [-0.2, -0.15) is 0 Å². The van der Waals surface area contributed by atoms with Crippen LogP contribution in [0.4, 0.5) is 5.13 Å². The highest BCUT2D eigenvalue weighted by molar-refractivity contribution is 9.11. The van der Waals surface area contributed by atoms with Gasteiger partial charge in [-0.3, -0.25) is 0 Å². The maximum atomic E-state index is 8.20. The van der Waals surface area contributed by atoms with Gasteiger partial charge in [-0.15, -0.1) is 0 Å². The number of rotatable bonds is 1. The van der Waals surface area contributed by atoms with Gasteiger partial charge in [-0.1, -0.05) is 18.2 Å². The Hall–Kier alpha value is -0.0900. The summed E-state index contributed by atoms with van der Waals surface area (Å²) < 4.78 is 95.3. The van der Waals surface area contributed by atoms with Gasteiger partial charge in [0.1, 0.15) is 0 Å². The van der Waals surface area contributed by atoms with E-state index in [-0.39, 0.29) is 4.90 Å². The highest BCUT2D eigenvalue weighted by Crippen LogP contribution is 2.29. The zero-order valence-electron chi connectivity index (χ0n) is 18.3. The summed E-state index contributed by atoms with van der Waals surface area (Å²) in [6.07, 6.45) is -6.05. The molecule has 1 aliphatic heterocycles. The molecule has 0 radical (unpaired) electrons. The Labute approximate surface area is 108 Å². The van der Waals surface area contributed by atoms with Crippen LogP contribution in [-0.2, 0) is 0 Å². The molecule has 1 aliphatic rings. The maximum absolute atomic E-state index is 8.20. The van der Waals surface area contributed by atoms with E-state index in [2.05, 4.69) is 20.9 Å². The molecule has 1 aromatic rings. The molecular weight excluding hydrogens is 248 g/mol. The fraction of sp³-hybridized carbons (Fsp3) is 0.667. The largest absolute Gasteiger partial charge is 0.348 e. The molecule has 4 heteroatoms. The topological polar surface area (TPSA) is 16.1 Å². The molecule has 1 saturated heterocycles. The van der Waals surface area contributed by atoms with Crippen molar-refractivity contribution in [3.63, 3.8) is 0 Å². The molecule has 0 spiro atoms. The zero-order chi connectivity index (χ0) is 19.9. The summed E-state index contributed by atoms with van der Waals surface area (Å²) >= 11 is 3.76. The SMILES string of the molecule is [2H]C([2H])([2H])C1([2H])C([2H])([2H])N(c2ncc(Br)s2)C([2H])([2H])C([2H])([2H])C1([2H])[2H]. The molecule has 0 bridgehead atoms. The zero-order valence-corrected chi connectivity index (χ0v) is 8.66. The van der Waals surface area contributed by atoms with Gasteiger partial charge in [-0.05, 0) is 34.6 Å². The molecule has 0 aliphatic carbocycles. The van der Waals surface area contributed by atoms with E-state index in [1.54, 1.807) is 0 Å². The number of hydrogen-bond acceptors (Lipinski definition) is 3. The first-order valence-electron chi connectivity index (χ1n) is 9.29. The van der Waals surface area contributed by atoms with E-state index >= 15 is 0 Å². The van der Waals surface area contributed by atoms with Crippen molar-refractivity contribution < 1.29 is 16.4 Å². The van der Waals surface area contributed by atoms with E-state index < -0.39 is 43.6 Å². The first-order valence-corrected chi connectivity index (χ1v) is 4.90. The first kappa shape index (κ1) is 2.73. The standard InChI is InChI=1S/C9H13BrN2S/c1-7-3-2-4-12(6-7)9-11-5-8(10)13-9/h5,7H,2-4,6H2,1H3/i1D3,2D2,3D2,4D2,6D2,7D. The Kier molecular flexibility index (Phi) is 0.832. The van der Waals surface area contributed by atoms with E-state index in [0.717, 1.165) is 0 Å². The van der Waals surface area contributed by atoms with Crippen LogP contribution >= 0.6 is 27.3 Å². The minimum absolute atomic E-state index is 0.121. The second-order valence-electron chi connectivity index (χ2n) is 2.13. The molecule has 2 rings (SSSR count). The van der Waals surface area contributed by atoms with E-state index in [4.69, 9.17) is 16.4 Å². The van der Waals surface area contributed by atoms with Gasteiger partial charge in [0.15, 0.2) is 5.13 Å². The summed E-state index contributed by atoms with van der Waals surface area (Å²) in [5.74, 6) is -3.64. The molecule has 1 aromatic heterocycles. The van der Waals surface area contributed by atoms with Gasteiger partial charge in [0, 0.05) is 29.4 Å². The Bertz CT molecular complexity index is 684. The average molecular weight is 273 g/mol. The highest BCUT2D eigenvalue weighted by Gasteiger charge is 2.18. The second-order valence-corrected chi connectivity index (χ2v) is 4.52. The Morgan fingerprint density at radius 1 is 2.00 bits per heavy atom. The molecule has 2 nitrogen and oxygen atoms in total. The van der Waals surface area contributed by atoms with Gasteiger partial charge < -0.3 is 4.90 Å². The van der Waals surface area contributed by atoms with Crippen LogP contribution in [0.15, 0.2) is 9.98 Å². The van der Waals surface area contributed by atoms with Crippen LogP contribution < -0.4 is 4.90 Å². The lowest BCUT2D eigenvalue weighted by molar-refractivity contribution is 0.446. The molecule has 0 aromatic carbocycles. The molecule has 13 heavy (non-hydrogen) atoms. The smallest absolute Gasteiger partial charge is 0.186 e. The van der Waals surface area contributed by atoms with E-state index in [9.17, 15) is 0 Å². The number of piperidine rings is 1. The fourth-order valence-electron chi connectivity index (χ4n) is 0.759. The normalized spacial score (nSPS) is 59.3. The minimum atomic E-state index is -3.69. The van der Waals surface area contributed by atoms with Gasteiger partial charge in [-0.25, -0.2) is 4.98 Å². The van der Waals surface area contributed by atoms with Crippen LogP contribution in [0.5, 0.6) is 0 Å².